The number of alkyl carbamates (subject to hydrolysis) is 1. The Kier molecular flexibility index (Phi) is 4.55. The molecule has 1 atom stereocenters. The zero-order valence-electron chi connectivity index (χ0n) is 11.0. The average Bonchev–Trinajstić information content (AvgIpc) is 2.25. The first-order chi connectivity index (χ1) is 7.88. The van der Waals surface area contributed by atoms with Crippen LogP contribution in [0.4, 0.5) is 4.79 Å². The van der Waals surface area contributed by atoms with Gasteiger partial charge in [-0.15, -0.1) is 0 Å². The largest absolute Gasteiger partial charge is 0.444 e. The zero-order valence-corrected chi connectivity index (χ0v) is 11.0. The molecule has 0 spiro atoms. The maximum atomic E-state index is 11.5. The Hall–Kier alpha value is -1.51. The van der Waals surface area contributed by atoms with Gasteiger partial charge in [-0.3, -0.25) is 0 Å². The maximum absolute atomic E-state index is 11.5. The molecule has 0 bridgehead atoms. The number of ether oxygens (including phenoxy) is 1. The van der Waals surface area contributed by atoms with Gasteiger partial charge < -0.3 is 10.1 Å². The van der Waals surface area contributed by atoms with Gasteiger partial charge in [-0.1, -0.05) is 37.3 Å². The van der Waals surface area contributed by atoms with Gasteiger partial charge in [0, 0.05) is 6.54 Å². The number of carbonyl (C=O) groups is 1. The van der Waals surface area contributed by atoms with Crippen molar-refractivity contribution in [2.24, 2.45) is 0 Å². The Bertz CT molecular complexity index is 354. The molecule has 17 heavy (non-hydrogen) atoms. The number of rotatable bonds is 3. The molecule has 1 N–H and O–H groups in total. The van der Waals surface area contributed by atoms with Crippen molar-refractivity contribution in [3.63, 3.8) is 0 Å². The second kappa shape index (κ2) is 5.71. The van der Waals surface area contributed by atoms with Gasteiger partial charge in [0.05, 0.1) is 0 Å². The molecule has 94 valence electrons. The van der Waals surface area contributed by atoms with E-state index in [9.17, 15) is 4.79 Å². The van der Waals surface area contributed by atoms with Gasteiger partial charge in [0.1, 0.15) is 5.60 Å². The molecule has 1 amide bonds. The number of hydrogen-bond donors (Lipinski definition) is 1. The third kappa shape index (κ3) is 5.38. The molecule has 0 unspecified atom stereocenters. The van der Waals surface area contributed by atoms with E-state index in [0.29, 0.717) is 6.54 Å². The van der Waals surface area contributed by atoms with Crippen molar-refractivity contribution in [1.29, 1.82) is 0 Å². The quantitative estimate of drug-likeness (QED) is 0.872. The SMILES string of the molecule is C[C@@H](CNC(=O)OC(C)(C)C)c1ccccc1. The van der Waals surface area contributed by atoms with Gasteiger partial charge in [-0.2, -0.15) is 0 Å². The van der Waals surface area contributed by atoms with Crippen LogP contribution in [0.3, 0.4) is 0 Å². The highest BCUT2D eigenvalue weighted by Crippen LogP contribution is 2.13. The highest BCUT2D eigenvalue weighted by Gasteiger charge is 2.16. The lowest BCUT2D eigenvalue weighted by molar-refractivity contribution is 0.0525. The van der Waals surface area contributed by atoms with E-state index < -0.39 is 5.60 Å². The first-order valence-electron chi connectivity index (χ1n) is 5.90. The van der Waals surface area contributed by atoms with E-state index in [-0.39, 0.29) is 12.0 Å². The molecule has 0 saturated heterocycles. The molecule has 0 heterocycles. The second-order valence-electron chi connectivity index (χ2n) is 5.19. The van der Waals surface area contributed by atoms with Gasteiger partial charge >= 0.3 is 6.09 Å². The standard InChI is InChI=1S/C14H21NO2/c1-11(12-8-6-5-7-9-12)10-15-13(16)17-14(2,3)4/h5-9,11H,10H2,1-4H3,(H,15,16)/t11-/m0/s1. The monoisotopic (exact) mass is 235 g/mol. The third-order valence-corrected chi connectivity index (χ3v) is 2.32. The highest BCUT2D eigenvalue weighted by molar-refractivity contribution is 5.67. The molecule has 0 aromatic heterocycles. The first kappa shape index (κ1) is 13.6. The minimum absolute atomic E-state index is 0.281. The fourth-order valence-electron chi connectivity index (χ4n) is 1.45. The van der Waals surface area contributed by atoms with Crippen molar-refractivity contribution in [1.82, 2.24) is 5.32 Å². The Morgan fingerprint density at radius 2 is 1.88 bits per heavy atom. The summed E-state index contributed by atoms with van der Waals surface area (Å²) in [6.45, 7) is 8.22. The highest BCUT2D eigenvalue weighted by atomic mass is 16.6. The van der Waals surface area contributed by atoms with Crippen LogP contribution >= 0.6 is 0 Å². The molecular weight excluding hydrogens is 214 g/mol. The van der Waals surface area contributed by atoms with Crippen molar-refractivity contribution in [2.45, 2.75) is 39.2 Å². The summed E-state index contributed by atoms with van der Waals surface area (Å²) in [6, 6.07) is 10.1. The van der Waals surface area contributed by atoms with E-state index in [1.54, 1.807) is 0 Å². The normalized spacial score (nSPS) is 12.9. The van der Waals surface area contributed by atoms with Crippen LogP contribution in [0.15, 0.2) is 30.3 Å². The van der Waals surface area contributed by atoms with E-state index in [0.717, 1.165) is 0 Å². The molecule has 3 heteroatoms. The molecular formula is C14H21NO2. The Balaban J connectivity index is 2.39. The minimum atomic E-state index is -0.444. The lowest BCUT2D eigenvalue weighted by Gasteiger charge is -2.20. The van der Waals surface area contributed by atoms with Crippen LogP contribution in [0.25, 0.3) is 0 Å². The van der Waals surface area contributed by atoms with E-state index in [1.165, 1.54) is 5.56 Å². The summed E-state index contributed by atoms with van der Waals surface area (Å²) in [7, 11) is 0. The fourth-order valence-corrected chi connectivity index (χ4v) is 1.45. The molecule has 3 nitrogen and oxygen atoms in total. The predicted octanol–water partition coefficient (Wildman–Crippen LogP) is 3.31. The summed E-state index contributed by atoms with van der Waals surface area (Å²) in [6.07, 6.45) is -0.361. The lowest BCUT2D eigenvalue weighted by Crippen LogP contribution is -2.34. The Morgan fingerprint density at radius 1 is 1.29 bits per heavy atom. The van der Waals surface area contributed by atoms with Crippen LogP contribution in [0, 0.1) is 0 Å². The van der Waals surface area contributed by atoms with E-state index in [4.69, 9.17) is 4.74 Å². The summed E-state index contributed by atoms with van der Waals surface area (Å²) in [5, 5.41) is 2.78. The summed E-state index contributed by atoms with van der Waals surface area (Å²) >= 11 is 0. The second-order valence-corrected chi connectivity index (χ2v) is 5.19. The van der Waals surface area contributed by atoms with Crippen LogP contribution in [-0.4, -0.2) is 18.2 Å². The maximum Gasteiger partial charge on any atom is 0.407 e. The summed E-state index contributed by atoms with van der Waals surface area (Å²) in [4.78, 5) is 11.5. The third-order valence-electron chi connectivity index (χ3n) is 2.32. The Labute approximate surface area is 103 Å². The summed E-state index contributed by atoms with van der Waals surface area (Å²) < 4.78 is 5.17. The van der Waals surface area contributed by atoms with E-state index >= 15 is 0 Å². The van der Waals surface area contributed by atoms with Crippen LogP contribution in [-0.2, 0) is 4.74 Å². The number of hydrogen-bond acceptors (Lipinski definition) is 2. The Morgan fingerprint density at radius 3 is 2.41 bits per heavy atom. The molecule has 0 aliphatic rings. The molecule has 0 aliphatic heterocycles. The van der Waals surface area contributed by atoms with Crippen molar-refractivity contribution >= 4 is 6.09 Å². The summed E-state index contributed by atoms with van der Waals surface area (Å²) in [5.74, 6) is 0.281. The molecule has 1 aromatic carbocycles. The number of carbonyl (C=O) groups excluding carboxylic acids is 1. The minimum Gasteiger partial charge on any atom is -0.444 e. The molecule has 1 aromatic rings. The number of benzene rings is 1. The van der Waals surface area contributed by atoms with Gasteiger partial charge in [-0.05, 0) is 32.3 Å². The van der Waals surface area contributed by atoms with Crippen molar-refractivity contribution in [3.8, 4) is 0 Å². The van der Waals surface area contributed by atoms with Crippen LogP contribution in [0.5, 0.6) is 0 Å². The van der Waals surface area contributed by atoms with Crippen molar-refractivity contribution < 1.29 is 9.53 Å². The van der Waals surface area contributed by atoms with Gasteiger partial charge in [-0.25, -0.2) is 4.79 Å². The molecule has 0 radical (unpaired) electrons. The molecule has 0 fully saturated rings. The van der Waals surface area contributed by atoms with Crippen molar-refractivity contribution in [3.05, 3.63) is 35.9 Å². The van der Waals surface area contributed by atoms with Crippen LogP contribution in [0.1, 0.15) is 39.2 Å². The van der Waals surface area contributed by atoms with E-state index in [1.807, 2.05) is 39.0 Å². The molecule has 0 saturated carbocycles. The average molecular weight is 235 g/mol. The van der Waals surface area contributed by atoms with Gasteiger partial charge in [0.25, 0.3) is 0 Å². The smallest absolute Gasteiger partial charge is 0.407 e. The first-order valence-corrected chi connectivity index (χ1v) is 5.90. The van der Waals surface area contributed by atoms with E-state index in [2.05, 4.69) is 24.4 Å². The van der Waals surface area contributed by atoms with Crippen LogP contribution in [0.2, 0.25) is 0 Å². The molecule has 1 rings (SSSR count). The van der Waals surface area contributed by atoms with Crippen molar-refractivity contribution in [2.75, 3.05) is 6.54 Å². The fraction of sp³-hybridized carbons (Fsp3) is 0.500. The van der Waals surface area contributed by atoms with Gasteiger partial charge in [0.2, 0.25) is 0 Å². The van der Waals surface area contributed by atoms with Gasteiger partial charge in [0.15, 0.2) is 0 Å². The number of amides is 1. The number of nitrogens with one attached hydrogen (secondary N) is 1. The predicted molar refractivity (Wildman–Crippen MR) is 69.1 cm³/mol. The lowest BCUT2D eigenvalue weighted by atomic mass is 10.0. The molecule has 0 aliphatic carbocycles. The van der Waals surface area contributed by atoms with Crippen LogP contribution < -0.4 is 5.32 Å². The summed E-state index contributed by atoms with van der Waals surface area (Å²) in [5.41, 5.74) is 0.767. The topological polar surface area (TPSA) is 38.3 Å². The zero-order chi connectivity index (χ0) is 12.9.